The van der Waals surface area contributed by atoms with E-state index in [2.05, 4.69) is 10.8 Å². The highest BCUT2D eigenvalue weighted by Crippen LogP contribution is 2.25. The summed E-state index contributed by atoms with van der Waals surface area (Å²) in [6.07, 6.45) is 2.52. The van der Waals surface area contributed by atoms with Gasteiger partial charge in [-0.1, -0.05) is 12.1 Å². The minimum atomic E-state index is -3.38. The van der Waals surface area contributed by atoms with Crippen LogP contribution in [0, 0.1) is 0 Å². The molecule has 27 heavy (non-hydrogen) atoms. The van der Waals surface area contributed by atoms with Crippen molar-refractivity contribution in [1.29, 1.82) is 0 Å². The summed E-state index contributed by atoms with van der Waals surface area (Å²) in [6.45, 7) is 4.18. The number of piperidine rings is 1. The summed E-state index contributed by atoms with van der Waals surface area (Å²) in [5, 5.41) is 0. The first-order valence-corrected chi connectivity index (χ1v) is 11.2. The van der Waals surface area contributed by atoms with E-state index < -0.39 is 16.1 Å². The highest BCUT2D eigenvalue weighted by Gasteiger charge is 2.36. The minimum Gasteiger partial charge on any atom is -0.447 e. The number of nitrogens with one attached hydrogen (secondary N) is 1. The number of rotatable bonds is 6. The Bertz CT molecular complexity index is 749. The molecule has 1 N–H and O–H groups in total. The number of carbonyl (C=O) groups is 1. The fourth-order valence-electron chi connectivity index (χ4n) is 3.42. The highest BCUT2D eigenvalue weighted by molar-refractivity contribution is 7.88. The zero-order chi connectivity index (χ0) is 20.2. The Morgan fingerprint density at radius 2 is 2.07 bits per heavy atom. The van der Waals surface area contributed by atoms with Crippen molar-refractivity contribution >= 4 is 21.8 Å². The molecule has 1 amide bonds. The third-order valence-electron chi connectivity index (χ3n) is 4.59. The summed E-state index contributed by atoms with van der Waals surface area (Å²) < 4.78 is 31.8. The number of ether oxygens (including phenoxy) is 1. The predicted octanol–water partition coefficient (Wildman–Crippen LogP) is 2.22. The summed E-state index contributed by atoms with van der Waals surface area (Å²) in [5.41, 5.74) is 2.11. The number of anilines is 1. The van der Waals surface area contributed by atoms with Crippen molar-refractivity contribution in [2.45, 2.75) is 51.3 Å². The molecule has 1 saturated heterocycles. The number of carbonyl (C=O) groups excluding carboxylic acids is 1. The third-order valence-corrected chi connectivity index (χ3v) is 5.32. The van der Waals surface area contributed by atoms with E-state index in [1.54, 1.807) is 4.90 Å². The Kier molecular flexibility index (Phi) is 7.11. The van der Waals surface area contributed by atoms with Crippen molar-refractivity contribution < 1.29 is 17.9 Å². The molecule has 1 aromatic carbocycles. The van der Waals surface area contributed by atoms with Crippen molar-refractivity contribution in [3.63, 3.8) is 0 Å². The molecule has 0 aliphatic carbocycles. The second kappa shape index (κ2) is 8.93. The van der Waals surface area contributed by atoms with Gasteiger partial charge in [-0.25, -0.2) is 17.9 Å². The van der Waals surface area contributed by atoms with Crippen molar-refractivity contribution in [3.05, 3.63) is 29.8 Å². The van der Waals surface area contributed by atoms with E-state index in [-0.39, 0.29) is 18.2 Å². The first-order valence-electron chi connectivity index (χ1n) is 9.27. The maximum absolute atomic E-state index is 12.6. The van der Waals surface area contributed by atoms with Gasteiger partial charge in [0.05, 0.1) is 18.4 Å². The smallest absolute Gasteiger partial charge is 0.410 e. The minimum absolute atomic E-state index is 0.224. The Hall–Kier alpha value is -1.80. The number of hydrogen-bond acceptors (Lipinski definition) is 5. The molecule has 0 spiro atoms. The molecule has 1 aliphatic heterocycles. The van der Waals surface area contributed by atoms with Gasteiger partial charge in [0, 0.05) is 32.4 Å². The van der Waals surface area contributed by atoms with E-state index >= 15 is 0 Å². The van der Waals surface area contributed by atoms with E-state index in [4.69, 9.17) is 4.74 Å². The Morgan fingerprint density at radius 3 is 2.67 bits per heavy atom. The van der Waals surface area contributed by atoms with E-state index in [1.165, 1.54) is 0 Å². The lowest BCUT2D eigenvalue weighted by Gasteiger charge is -2.41. The molecule has 0 radical (unpaired) electrons. The zero-order valence-corrected chi connectivity index (χ0v) is 17.6. The van der Waals surface area contributed by atoms with Gasteiger partial charge >= 0.3 is 6.09 Å². The van der Waals surface area contributed by atoms with Crippen LogP contribution in [0.1, 0.15) is 32.3 Å². The van der Waals surface area contributed by atoms with Gasteiger partial charge in [0.1, 0.15) is 0 Å². The molecule has 2 rings (SSSR count). The van der Waals surface area contributed by atoms with Gasteiger partial charge in [0.15, 0.2) is 0 Å². The molecular formula is C19H31N3O4S. The molecule has 0 bridgehead atoms. The molecule has 1 heterocycles. The van der Waals surface area contributed by atoms with Crippen LogP contribution in [0.4, 0.5) is 10.5 Å². The van der Waals surface area contributed by atoms with Gasteiger partial charge in [-0.15, -0.1) is 0 Å². The molecule has 152 valence electrons. The highest BCUT2D eigenvalue weighted by atomic mass is 32.2. The van der Waals surface area contributed by atoms with Crippen LogP contribution in [0.25, 0.3) is 0 Å². The summed E-state index contributed by atoms with van der Waals surface area (Å²) in [4.78, 5) is 16.3. The van der Waals surface area contributed by atoms with Gasteiger partial charge < -0.3 is 14.5 Å². The van der Waals surface area contributed by atoms with Crippen molar-refractivity contribution in [1.82, 2.24) is 9.62 Å². The van der Waals surface area contributed by atoms with Crippen molar-refractivity contribution in [3.8, 4) is 0 Å². The summed E-state index contributed by atoms with van der Waals surface area (Å²) in [5.74, 6) is 0. The Morgan fingerprint density at radius 1 is 1.37 bits per heavy atom. The van der Waals surface area contributed by atoms with Crippen LogP contribution in [0.5, 0.6) is 0 Å². The monoisotopic (exact) mass is 397 g/mol. The maximum Gasteiger partial charge on any atom is 0.410 e. The molecule has 1 fully saturated rings. The lowest BCUT2D eigenvalue weighted by atomic mass is 9.91. The third kappa shape index (κ3) is 6.39. The standard InChI is InChI=1S/C19H31N3O4S/c1-14(2)26-19(23)22-11-7-10-17(20-27(5,24)25)18(22)13-15-8-6-9-16(12-15)21(3)4/h6,8-9,12,14,17-18,20H,7,10-11,13H2,1-5H3/t17-,18-/m0/s1. The molecule has 0 saturated carbocycles. The zero-order valence-electron chi connectivity index (χ0n) is 16.8. The molecule has 0 unspecified atom stereocenters. The Labute approximate surface area is 162 Å². The Balaban J connectivity index is 2.31. The van der Waals surface area contributed by atoms with Crippen LogP contribution in [-0.2, 0) is 21.2 Å². The van der Waals surface area contributed by atoms with Gasteiger partial charge in [-0.3, -0.25) is 0 Å². The van der Waals surface area contributed by atoms with Crippen molar-refractivity contribution in [2.75, 3.05) is 31.8 Å². The van der Waals surface area contributed by atoms with Crippen LogP contribution in [-0.4, -0.2) is 64.5 Å². The van der Waals surface area contributed by atoms with Gasteiger partial charge in [-0.2, -0.15) is 0 Å². The van der Waals surface area contributed by atoms with E-state index in [0.29, 0.717) is 19.4 Å². The van der Waals surface area contributed by atoms with E-state index in [1.807, 2.05) is 51.0 Å². The fraction of sp³-hybridized carbons (Fsp3) is 0.632. The number of amides is 1. The SMILES string of the molecule is CC(C)OC(=O)N1CCC[C@H](NS(C)(=O)=O)[C@@H]1Cc1cccc(N(C)C)c1. The average Bonchev–Trinajstić information content (AvgIpc) is 2.54. The number of nitrogens with zero attached hydrogens (tertiary/aromatic N) is 2. The molecule has 8 heteroatoms. The van der Waals surface area contributed by atoms with E-state index in [0.717, 1.165) is 23.9 Å². The number of sulfonamides is 1. The molecular weight excluding hydrogens is 366 g/mol. The van der Waals surface area contributed by atoms with Gasteiger partial charge in [-0.05, 0) is 50.8 Å². The van der Waals surface area contributed by atoms with E-state index in [9.17, 15) is 13.2 Å². The van der Waals surface area contributed by atoms with Crippen LogP contribution < -0.4 is 9.62 Å². The quantitative estimate of drug-likeness (QED) is 0.796. The molecule has 1 aliphatic rings. The summed E-state index contributed by atoms with van der Waals surface area (Å²) in [7, 11) is 0.565. The first-order chi connectivity index (χ1) is 12.6. The molecule has 2 atom stereocenters. The fourth-order valence-corrected chi connectivity index (χ4v) is 4.25. The second-order valence-corrected chi connectivity index (χ2v) is 9.38. The first kappa shape index (κ1) is 21.5. The second-order valence-electron chi connectivity index (χ2n) is 7.60. The molecule has 1 aromatic rings. The van der Waals surface area contributed by atoms with Gasteiger partial charge in [0.2, 0.25) is 10.0 Å². The predicted molar refractivity (Wildman–Crippen MR) is 108 cm³/mol. The largest absolute Gasteiger partial charge is 0.447 e. The molecule has 7 nitrogen and oxygen atoms in total. The van der Waals surface area contributed by atoms with Crippen LogP contribution in [0.15, 0.2) is 24.3 Å². The van der Waals surface area contributed by atoms with Crippen LogP contribution >= 0.6 is 0 Å². The lowest BCUT2D eigenvalue weighted by molar-refractivity contribution is 0.0461. The van der Waals surface area contributed by atoms with Gasteiger partial charge in [0.25, 0.3) is 0 Å². The average molecular weight is 398 g/mol. The maximum atomic E-state index is 12.6. The molecule has 0 aromatic heterocycles. The van der Waals surface area contributed by atoms with Crippen LogP contribution in [0.2, 0.25) is 0 Å². The number of benzene rings is 1. The summed E-state index contributed by atoms with van der Waals surface area (Å²) >= 11 is 0. The lowest BCUT2D eigenvalue weighted by Crippen LogP contribution is -2.58. The van der Waals surface area contributed by atoms with Crippen LogP contribution in [0.3, 0.4) is 0 Å². The number of hydrogen-bond donors (Lipinski definition) is 1. The topological polar surface area (TPSA) is 79.0 Å². The number of likely N-dealkylation sites (tertiary alicyclic amines) is 1. The summed E-state index contributed by atoms with van der Waals surface area (Å²) in [6, 6.07) is 7.43. The normalized spacial score (nSPS) is 20.6. The van der Waals surface area contributed by atoms with Crippen molar-refractivity contribution in [2.24, 2.45) is 0 Å².